The van der Waals surface area contributed by atoms with Gasteiger partial charge in [0, 0.05) is 24.6 Å². The highest BCUT2D eigenvalue weighted by molar-refractivity contribution is 8.28. The number of nitrogens with zero attached hydrogens (tertiary/aromatic N) is 1. The quantitative estimate of drug-likeness (QED) is 0.678. The van der Waals surface area contributed by atoms with Gasteiger partial charge in [0.25, 0.3) is 0 Å². The number of rotatable bonds is 9. The molecule has 0 aliphatic rings. The lowest BCUT2D eigenvalue weighted by molar-refractivity contribution is 0.0116. The first-order valence-corrected chi connectivity index (χ1v) is 8.78. The van der Waals surface area contributed by atoms with Crippen LogP contribution >= 0.6 is 10.3 Å². The standard InChI is InChI=1S/C13H23NO4S/c1-19(2,16)9-5-8-17-10-12(15)11-18-13-6-3-4-7-14-13/h3-4,6-7,12,15-16H,5,8-11H2,1-2H3. The summed E-state index contributed by atoms with van der Waals surface area (Å²) in [5.74, 6) is 1.25. The van der Waals surface area contributed by atoms with Gasteiger partial charge in [-0.25, -0.2) is 4.98 Å². The zero-order valence-corrected chi connectivity index (χ0v) is 12.3. The van der Waals surface area contributed by atoms with E-state index < -0.39 is 16.4 Å². The van der Waals surface area contributed by atoms with Crippen molar-refractivity contribution >= 4 is 10.3 Å². The van der Waals surface area contributed by atoms with Gasteiger partial charge in [0.2, 0.25) is 5.88 Å². The lowest BCUT2D eigenvalue weighted by atomic mass is 10.4. The molecule has 0 aliphatic carbocycles. The van der Waals surface area contributed by atoms with Crippen LogP contribution in [0.25, 0.3) is 0 Å². The zero-order chi connectivity index (χ0) is 14.1. The third kappa shape index (κ3) is 8.83. The van der Waals surface area contributed by atoms with Gasteiger partial charge in [-0.3, -0.25) is 0 Å². The van der Waals surface area contributed by atoms with Crippen LogP contribution in [0.3, 0.4) is 0 Å². The van der Waals surface area contributed by atoms with E-state index in [0.29, 0.717) is 12.5 Å². The Morgan fingerprint density at radius 1 is 1.32 bits per heavy atom. The van der Waals surface area contributed by atoms with Crippen LogP contribution in [0.5, 0.6) is 5.88 Å². The highest BCUT2D eigenvalue weighted by Crippen LogP contribution is 2.34. The molecule has 0 radical (unpaired) electrons. The summed E-state index contributed by atoms with van der Waals surface area (Å²) in [6, 6.07) is 5.36. The van der Waals surface area contributed by atoms with Crippen LogP contribution in [-0.4, -0.2) is 58.8 Å². The summed E-state index contributed by atoms with van der Waals surface area (Å²) in [6.07, 6.45) is 5.46. The second-order valence-electron chi connectivity index (χ2n) is 4.75. The van der Waals surface area contributed by atoms with Crippen molar-refractivity contribution in [2.75, 3.05) is 38.1 Å². The molecule has 1 unspecified atom stereocenters. The zero-order valence-electron chi connectivity index (χ0n) is 11.5. The molecule has 5 nitrogen and oxygen atoms in total. The van der Waals surface area contributed by atoms with Crippen molar-refractivity contribution in [2.45, 2.75) is 12.5 Å². The molecule has 110 valence electrons. The van der Waals surface area contributed by atoms with Gasteiger partial charge < -0.3 is 19.1 Å². The van der Waals surface area contributed by atoms with E-state index in [1.165, 1.54) is 0 Å². The van der Waals surface area contributed by atoms with E-state index in [2.05, 4.69) is 4.98 Å². The molecule has 6 heteroatoms. The summed E-state index contributed by atoms with van der Waals surface area (Å²) < 4.78 is 20.2. The molecule has 1 aromatic heterocycles. The molecule has 0 saturated carbocycles. The van der Waals surface area contributed by atoms with E-state index in [1.54, 1.807) is 18.3 Å². The van der Waals surface area contributed by atoms with Gasteiger partial charge in [-0.2, -0.15) is 0 Å². The Morgan fingerprint density at radius 2 is 2.11 bits per heavy atom. The van der Waals surface area contributed by atoms with Crippen molar-refractivity contribution in [3.63, 3.8) is 0 Å². The highest BCUT2D eigenvalue weighted by Gasteiger charge is 2.08. The SMILES string of the molecule is CS(C)(O)CCCOCC(O)COc1ccccn1. The minimum atomic E-state index is -1.45. The Morgan fingerprint density at radius 3 is 2.74 bits per heavy atom. The molecule has 1 heterocycles. The maximum absolute atomic E-state index is 9.65. The van der Waals surface area contributed by atoms with Crippen LogP contribution in [0.2, 0.25) is 0 Å². The largest absolute Gasteiger partial charge is 0.475 e. The first-order valence-electron chi connectivity index (χ1n) is 6.20. The van der Waals surface area contributed by atoms with Crippen LogP contribution < -0.4 is 4.74 Å². The monoisotopic (exact) mass is 289 g/mol. The Hall–Kier alpha value is -0.820. The molecule has 0 spiro atoms. The van der Waals surface area contributed by atoms with Crippen LogP contribution in [0.4, 0.5) is 0 Å². The van der Waals surface area contributed by atoms with E-state index in [4.69, 9.17) is 9.47 Å². The molecule has 0 fully saturated rings. The Balaban J connectivity index is 2.04. The molecule has 0 amide bonds. The lowest BCUT2D eigenvalue weighted by Crippen LogP contribution is -2.24. The molecule has 0 bridgehead atoms. The first-order chi connectivity index (χ1) is 8.97. The van der Waals surface area contributed by atoms with E-state index in [9.17, 15) is 9.66 Å². The average Bonchev–Trinajstić information content (AvgIpc) is 2.36. The fourth-order valence-corrected chi connectivity index (χ4v) is 2.22. The van der Waals surface area contributed by atoms with Crippen molar-refractivity contribution in [1.29, 1.82) is 0 Å². The molecule has 0 aliphatic heterocycles. The first kappa shape index (κ1) is 16.2. The topological polar surface area (TPSA) is 71.8 Å². The molecule has 1 atom stereocenters. The molecule has 1 aromatic rings. The van der Waals surface area contributed by atoms with Gasteiger partial charge in [0.1, 0.15) is 12.7 Å². The normalized spacial score (nSPS) is 14.1. The summed E-state index contributed by atoms with van der Waals surface area (Å²) in [5, 5.41) is 9.65. The number of aromatic nitrogens is 1. The van der Waals surface area contributed by atoms with Crippen molar-refractivity contribution in [3.8, 4) is 5.88 Å². The molecular formula is C13H23NO4S. The second kappa shape index (κ2) is 8.37. The lowest BCUT2D eigenvalue weighted by Gasteiger charge is -2.22. The van der Waals surface area contributed by atoms with Crippen LogP contribution in [0.15, 0.2) is 24.4 Å². The molecule has 2 N–H and O–H groups in total. The fraction of sp³-hybridized carbons (Fsp3) is 0.615. The van der Waals surface area contributed by atoms with Gasteiger partial charge >= 0.3 is 0 Å². The van der Waals surface area contributed by atoms with Crippen molar-refractivity contribution in [1.82, 2.24) is 4.98 Å². The Kier molecular flexibility index (Phi) is 7.15. The summed E-state index contributed by atoms with van der Waals surface area (Å²) in [7, 11) is -1.45. The Labute approximate surface area is 116 Å². The van der Waals surface area contributed by atoms with Crippen molar-refractivity contribution < 1.29 is 19.1 Å². The van der Waals surface area contributed by atoms with Crippen LogP contribution in [-0.2, 0) is 4.74 Å². The third-order valence-corrected chi connectivity index (χ3v) is 3.59. The van der Waals surface area contributed by atoms with Crippen molar-refractivity contribution in [3.05, 3.63) is 24.4 Å². The van der Waals surface area contributed by atoms with Crippen molar-refractivity contribution in [2.24, 2.45) is 0 Å². The molecule has 0 saturated heterocycles. The number of pyridine rings is 1. The van der Waals surface area contributed by atoms with Gasteiger partial charge in [-0.1, -0.05) is 6.07 Å². The van der Waals surface area contributed by atoms with Crippen LogP contribution in [0.1, 0.15) is 6.42 Å². The molecular weight excluding hydrogens is 266 g/mol. The third-order valence-electron chi connectivity index (χ3n) is 2.30. The summed E-state index contributed by atoms with van der Waals surface area (Å²) in [5.41, 5.74) is 0. The van der Waals surface area contributed by atoms with Gasteiger partial charge in [0.15, 0.2) is 0 Å². The summed E-state index contributed by atoms with van der Waals surface area (Å²) >= 11 is 0. The predicted molar refractivity (Wildman–Crippen MR) is 78.1 cm³/mol. The minimum Gasteiger partial charge on any atom is -0.475 e. The van der Waals surface area contributed by atoms with E-state index in [0.717, 1.165) is 12.2 Å². The van der Waals surface area contributed by atoms with Gasteiger partial charge in [-0.05, 0) is 25.0 Å². The highest BCUT2D eigenvalue weighted by atomic mass is 32.3. The molecule has 1 rings (SSSR count). The maximum Gasteiger partial charge on any atom is 0.213 e. The van der Waals surface area contributed by atoms with Gasteiger partial charge in [0.05, 0.1) is 6.61 Å². The number of hydrogen-bond acceptors (Lipinski definition) is 5. The summed E-state index contributed by atoms with van der Waals surface area (Å²) in [6.45, 7) is 0.930. The fourth-order valence-electron chi connectivity index (χ4n) is 1.40. The van der Waals surface area contributed by atoms with Gasteiger partial charge in [-0.15, -0.1) is 10.3 Å². The minimum absolute atomic E-state index is 0.160. The number of ether oxygens (including phenoxy) is 2. The maximum atomic E-state index is 9.65. The summed E-state index contributed by atoms with van der Waals surface area (Å²) in [4.78, 5) is 3.99. The average molecular weight is 289 g/mol. The second-order valence-corrected chi connectivity index (χ2v) is 8.11. The molecule has 0 aromatic carbocycles. The number of aliphatic hydroxyl groups is 1. The Bertz CT molecular complexity index is 342. The van der Waals surface area contributed by atoms with E-state index >= 15 is 0 Å². The van der Waals surface area contributed by atoms with Crippen LogP contribution in [0, 0.1) is 0 Å². The number of hydrogen-bond donors (Lipinski definition) is 2. The predicted octanol–water partition coefficient (Wildman–Crippen LogP) is 1.77. The van der Waals surface area contributed by atoms with E-state index in [1.807, 2.05) is 18.6 Å². The smallest absolute Gasteiger partial charge is 0.213 e. The van der Waals surface area contributed by atoms with E-state index in [-0.39, 0.29) is 13.2 Å². The molecule has 19 heavy (non-hydrogen) atoms. The number of aliphatic hydroxyl groups excluding tert-OH is 1.